The molecule has 3 aromatic rings. The molecule has 0 aliphatic carbocycles. The zero-order chi connectivity index (χ0) is 18.2. The molecule has 5 nitrogen and oxygen atoms in total. The molecule has 3 rings (SSSR count). The third-order valence-electron chi connectivity index (χ3n) is 4.27. The molecule has 1 heterocycles. The van der Waals surface area contributed by atoms with Gasteiger partial charge in [-0.05, 0) is 23.6 Å². The Morgan fingerprint density at radius 3 is 2.08 bits per heavy atom. The average Bonchev–Trinajstić information content (AvgIpc) is 2.68. The fourth-order valence-electron chi connectivity index (χ4n) is 3.13. The highest BCUT2D eigenvalue weighted by Crippen LogP contribution is 2.29. The largest absolute Gasteiger partial charge is 0.396 e. The second-order valence-electron chi connectivity index (χ2n) is 6.17. The standard InChI is InChI=1S/C21H24N4O/c22-19-12-13-23-20(24-19)16-25(14-7-15-26)21(17-8-3-1-4-9-17)18-10-5-2-6-11-18/h1-6,8-13,21,26H,7,14-16H2,(H2,22,23,24). The van der Waals surface area contributed by atoms with Crippen molar-refractivity contribution < 1.29 is 5.11 Å². The van der Waals surface area contributed by atoms with Gasteiger partial charge in [0.25, 0.3) is 0 Å². The van der Waals surface area contributed by atoms with Gasteiger partial charge in [0.15, 0.2) is 0 Å². The number of aliphatic hydroxyl groups is 1. The van der Waals surface area contributed by atoms with Crippen LogP contribution in [-0.4, -0.2) is 33.1 Å². The van der Waals surface area contributed by atoms with Crippen LogP contribution in [0.3, 0.4) is 0 Å². The molecule has 134 valence electrons. The van der Waals surface area contributed by atoms with Gasteiger partial charge in [0.2, 0.25) is 0 Å². The Morgan fingerprint density at radius 2 is 1.54 bits per heavy atom. The van der Waals surface area contributed by atoms with Crippen molar-refractivity contribution in [2.24, 2.45) is 0 Å². The number of nitrogen functional groups attached to an aromatic ring is 1. The van der Waals surface area contributed by atoms with E-state index in [0.717, 1.165) is 6.54 Å². The third kappa shape index (κ3) is 4.65. The Morgan fingerprint density at radius 1 is 0.923 bits per heavy atom. The molecule has 0 aliphatic rings. The summed E-state index contributed by atoms with van der Waals surface area (Å²) >= 11 is 0. The topological polar surface area (TPSA) is 75.3 Å². The van der Waals surface area contributed by atoms with E-state index >= 15 is 0 Å². The lowest BCUT2D eigenvalue weighted by atomic mass is 9.96. The normalized spacial score (nSPS) is 11.2. The Bertz CT molecular complexity index is 756. The van der Waals surface area contributed by atoms with Crippen LogP contribution in [-0.2, 0) is 6.54 Å². The van der Waals surface area contributed by atoms with E-state index in [1.165, 1.54) is 11.1 Å². The summed E-state index contributed by atoms with van der Waals surface area (Å²) in [6.45, 7) is 1.42. The molecule has 3 N–H and O–H groups in total. The number of hydrogen-bond donors (Lipinski definition) is 2. The van der Waals surface area contributed by atoms with Gasteiger partial charge in [0.05, 0.1) is 12.6 Å². The van der Waals surface area contributed by atoms with Gasteiger partial charge in [-0.25, -0.2) is 9.97 Å². The Hall–Kier alpha value is -2.76. The van der Waals surface area contributed by atoms with Gasteiger partial charge < -0.3 is 10.8 Å². The number of nitrogens with two attached hydrogens (primary N) is 1. The minimum Gasteiger partial charge on any atom is -0.396 e. The fourth-order valence-corrected chi connectivity index (χ4v) is 3.13. The van der Waals surface area contributed by atoms with Crippen LogP contribution in [0, 0.1) is 0 Å². The second kappa shape index (κ2) is 9.08. The van der Waals surface area contributed by atoms with Crippen molar-refractivity contribution in [1.29, 1.82) is 0 Å². The van der Waals surface area contributed by atoms with E-state index in [9.17, 15) is 5.11 Å². The molecule has 0 bridgehead atoms. The molecular weight excluding hydrogens is 324 g/mol. The number of benzene rings is 2. The third-order valence-corrected chi connectivity index (χ3v) is 4.27. The number of nitrogens with zero attached hydrogens (tertiary/aromatic N) is 3. The van der Waals surface area contributed by atoms with E-state index in [1.54, 1.807) is 12.3 Å². The van der Waals surface area contributed by atoms with Crippen molar-refractivity contribution in [3.05, 3.63) is 89.9 Å². The van der Waals surface area contributed by atoms with Crippen molar-refractivity contribution in [3.8, 4) is 0 Å². The summed E-state index contributed by atoms with van der Waals surface area (Å²) in [5.41, 5.74) is 8.21. The SMILES string of the molecule is Nc1ccnc(CN(CCCO)C(c2ccccc2)c2ccccc2)n1. The van der Waals surface area contributed by atoms with Crippen molar-refractivity contribution in [3.63, 3.8) is 0 Å². The number of aliphatic hydroxyl groups excluding tert-OH is 1. The van der Waals surface area contributed by atoms with Gasteiger partial charge >= 0.3 is 0 Å². The number of hydrogen-bond acceptors (Lipinski definition) is 5. The molecule has 0 aliphatic heterocycles. The molecule has 2 aromatic carbocycles. The Balaban J connectivity index is 1.98. The van der Waals surface area contributed by atoms with Crippen LogP contribution in [0.5, 0.6) is 0 Å². The molecule has 5 heteroatoms. The minimum absolute atomic E-state index is 0.0500. The first-order chi connectivity index (χ1) is 12.8. The highest BCUT2D eigenvalue weighted by molar-refractivity contribution is 5.32. The first-order valence-electron chi connectivity index (χ1n) is 8.80. The second-order valence-corrected chi connectivity index (χ2v) is 6.17. The first-order valence-corrected chi connectivity index (χ1v) is 8.80. The monoisotopic (exact) mass is 348 g/mol. The first kappa shape index (κ1) is 18.0. The van der Waals surface area contributed by atoms with E-state index in [-0.39, 0.29) is 12.6 Å². The minimum atomic E-state index is 0.0500. The van der Waals surface area contributed by atoms with Crippen LogP contribution in [0.2, 0.25) is 0 Å². The maximum Gasteiger partial charge on any atom is 0.144 e. The molecule has 0 fully saturated rings. The summed E-state index contributed by atoms with van der Waals surface area (Å²) in [5.74, 6) is 1.15. The fraction of sp³-hybridized carbons (Fsp3) is 0.238. The maximum atomic E-state index is 9.37. The lowest BCUT2D eigenvalue weighted by molar-refractivity contribution is 0.183. The molecule has 0 saturated heterocycles. The zero-order valence-corrected chi connectivity index (χ0v) is 14.7. The van der Waals surface area contributed by atoms with Crippen LogP contribution in [0.1, 0.15) is 29.4 Å². The number of aromatic nitrogens is 2. The van der Waals surface area contributed by atoms with E-state index in [0.29, 0.717) is 24.6 Å². The predicted octanol–water partition coefficient (Wildman–Crippen LogP) is 3.03. The number of rotatable bonds is 8. The molecule has 0 saturated carbocycles. The van der Waals surface area contributed by atoms with Crippen molar-refractivity contribution in [2.75, 3.05) is 18.9 Å². The van der Waals surface area contributed by atoms with Gasteiger partial charge in [-0.15, -0.1) is 0 Å². The maximum absolute atomic E-state index is 9.37. The van der Waals surface area contributed by atoms with Gasteiger partial charge in [0, 0.05) is 19.3 Å². The molecule has 0 atom stereocenters. The van der Waals surface area contributed by atoms with Crippen molar-refractivity contribution in [1.82, 2.24) is 14.9 Å². The summed E-state index contributed by atoms with van der Waals surface area (Å²) < 4.78 is 0. The summed E-state index contributed by atoms with van der Waals surface area (Å²) in [5, 5.41) is 9.37. The van der Waals surface area contributed by atoms with Crippen molar-refractivity contribution >= 4 is 5.82 Å². The summed E-state index contributed by atoms with van der Waals surface area (Å²) in [6.07, 6.45) is 2.36. The lowest BCUT2D eigenvalue weighted by Crippen LogP contribution is -2.31. The number of anilines is 1. The molecule has 0 spiro atoms. The molecular formula is C21H24N4O. The van der Waals surface area contributed by atoms with Crippen molar-refractivity contribution in [2.45, 2.75) is 19.0 Å². The molecule has 26 heavy (non-hydrogen) atoms. The van der Waals surface area contributed by atoms with Gasteiger partial charge in [0.1, 0.15) is 11.6 Å². The van der Waals surface area contributed by atoms with E-state index < -0.39 is 0 Å². The van der Waals surface area contributed by atoms with Gasteiger partial charge in [-0.1, -0.05) is 60.7 Å². The van der Waals surface area contributed by atoms with Gasteiger partial charge in [-0.2, -0.15) is 0 Å². The summed E-state index contributed by atoms with van der Waals surface area (Å²) in [6, 6.07) is 22.5. The Kier molecular flexibility index (Phi) is 6.30. The highest BCUT2D eigenvalue weighted by atomic mass is 16.3. The summed E-state index contributed by atoms with van der Waals surface area (Å²) in [4.78, 5) is 11.0. The lowest BCUT2D eigenvalue weighted by Gasteiger charge is -2.32. The van der Waals surface area contributed by atoms with E-state index in [1.807, 2.05) is 36.4 Å². The van der Waals surface area contributed by atoms with Crippen LogP contribution in [0.15, 0.2) is 72.9 Å². The molecule has 0 radical (unpaired) electrons. The Labute approximate surface area is 154 Å². The van der Waals surface area contributed by atoms with Gasteiger partial charge in [-0.3, -0.25) is 4.90 Å². The van der Waals surface area contributed by atoms with E-state index in [2.05, 4.69) is 39.1 Å². The molecule has 1 aromatic heterocycles. The average molecular weight is 348 g/mol. The smallest absolute Gasteiger partial charge is 0.144 e. The quantitative estimate of drug-likeness (QED) is 0.654. The highest BCUT2D eigenvalue weighted by Gasteiger charge is 2.23. The van der Waals surface area contributed by atoms with Crippen LogP contribution in [0.4, 0.5) is 5.82 Å². The molecule has 0 amide bonds. The van der Waals surface area contributed by atoms with Crippen LogP contribution in [0.25, 0.3) is 0 Å². The molecule has 0 unspecified atom stereocenters. The summed E-state index contributed by atoms with van der Waals surface area (Å²) in [7, 11) is 0. The van der Waals surface area contributed by atoms with E-state index in [4.69, 9.17) is 5.73 Å². The van der Waals surface area contributed by atoms with Crippen LogP contribution >= 0.6 is 0 Å². The predicted molar refractivity (Wildman–Crippen MR) is 103 cm³/mol. The van der Waals surface area contributed by atoms with Crippen LogP contribution < -0.4 is 5.73 Å². The zero-order valence-electron chi connectivity index (χ0n) is 14.7.